The van der Waals surface area contributed by atoms with E-state index in [-0.39, 0.29) is 6.04 Å². The first-order valence-electron chi connectivity index (χ1n) is 7.88. The van der Waals surface area contributed by atoms with Gasteiger partial charge in [0.1, 0.15) is 11.5 Å². The first kappa shape index (κ1) is 12.9. The molecule has 21 heavy (non-hydrogen) atoms. The molecular weight excluding hydrogens is 258 g/mol. The Bertz CT molecular complexity index is 597. The van der Waals surface area contributed by atoms with Crippen LogP contribution >= 0.6 is 0 Å². The number of fused-ring (bicyclic) bond motifs is 1. The summed E-state index contributed by atoms with van der Waals surface area (Å²) in [4.78, 5) is 0. The molecule has 2 aliphatic carbocycles. The van der Waals surface area contributed by atoms with E-state index >= 15 is 0 Å². The Hall–Kier alpha value is -1.80. The standard InChI is InChI=1S/C19H21NO/c20-19(16-11-14-10-15(14)12-16)13-6-8-18(9-7-13)21-17-4-2-1-3-5-17/h1-9,14-16,19H,10-12,20H2. The van der Waals surface area contributed by atoms with Crippen molar-refractivity contribution in [1.82, 2.24) is 0 Å². The smallest absolute Gasteiger partial charge is 0.127 e. The predicted octanol–water partition coefficient (Wildman–Crippen LogP) is 4.52. The highest BCUT2D eigenvalue weighted by Gasteiger charge is 2.47. The van der Waals surface area contributed by atoms with Crippen LogP contribution in [-0.4, -0.2) is 0 Å². The van der Waals surface area contributed by atoms with Crippen molar-refractivity contribution in [3.8, 4) is 11.5 Å². The topological polar surface area (TPSA) is 35.2 Å². The molecule has 2 aromatic rings. The summed E-state index contributed by atoms with van der Waals surface area (Å²) in [5.41, 5.74) is 7.68. The van der Waals surface area contributed by atoms with Crippen LogP contribution in [0.1, 0.15) is 30.9 Å². The number of hydrogen-bond donors (Lipinski definition) is 1. The molecule has 0 heterocycles. The van der Waals surface area contributed by atoms with Crippen molar-refractivity contribution in [2.24, 2.45) is 23.5 Å². The van der Waals surface area contributed by atoms with Crippen LogP contribution in [0.25, 0.3) is 0 Å². The normalized spacial score (nSPS) is 28.0. The van der Waals surface area contributed by atoms with Crippen molar-refractivity contribution in [1.29, 1.82) is 0 Å². The van der Waals surface area contributed by atoms with Crippen molar-refractivity contribution < 1.29 is 4.74 Å². The lowest BCUT2D eigenvalue weighted by Gasteiger charge is -2.21. The van der Waals surface area contributed by atoms with Gasteiger partial charge >= 0.3 is 0 Å². The molecule has 0 amide bonds. The van der Waals surface area contributed by atoms with Crippen LogP contribution in [0.5, 0.6) is 11.5 Å². The Morgan fingerprint density at radius 3 is 2.10 bits per heavy atom. The van der Waals surface area contributed by atoms with Gasteiger partial charge < -0.3 is 10.5 Å². The summed E-state index contributed by atoms with van der Waals surface area (Å²) in [7, 11) is 0. The van der Waals surface area contributed by atoms with Crippen molar-refractivity contribution in [2.75, 3.05) is 0 Å². The Kier molecular flexibility index (Phi) is 3.19. The molecule has 2 aromatic carbocycles. The van der Waals surface area contributed by atoms with Crippen LogP contribution in [-0.2, 0) is 0 Å². The second-order valence-corrected chi connectivity index (χ2v) is 6.50. The maximum absolute atomic E-state index is 6.44. The van der Waals surface area contributed by atoms with Gasteiger partial charge in [-0.3, -0.25) is 0 Å². The third kappa shape index (κ3) is 2.68. The van der Waals surface area contributed by atoms with E-state index in [2.05, 4.69) is 12.1 Å². The minimum Gasteiger partial charge on any atom is -0.457 e. The lowest BCUT2D eigenvalue weighted by Crippen LogP contribution is -2.20. The molecule has 2 heteroatoms. The summed E-state index contributed by atoms with van der Waals surface area (Å²) in [6.07, 6.45) is 4.11. The molecule has 2 N–H and O–H groups in total. The fourth-order valence-electron chi connectivity index (χ4n) is 3.71. The Morgan fingerprint density at radius 2 is 1.43 bits per heavy atom. The number of benzene rings is 2. The SMILES string of the molecule is NC(c1ccc(Oc2ccccc2)cc1)C1CC2CC2C1. The van der Waals surface area contributed by atoms with Gasteiger partial charge in [0.25, 0.3) is 0 Å². The van der Waals surface area contributed by atoms with Crippen molar-refractivity contribution in [3.05, 3.63) is 60.2 Å². The van der Waals surface area contributed by atoms with Gasteiger partial charge in [-0.05, 0) is 66.8 Å². The van der Waals surface area contributed by atoms with Crippen LogP contribution in [0.3, 0.4) is 0 Å². The molecule has 0 spiro atoms. The maximum Gasteiger partial charge on any atom is 0.127 e. The van der Waals surface area contributed by atoms with Crippen molar-refractivity contribution in [2.45, 2.75) is 25.3 Å². The van der Waals surface area contributed by atoms with Crippen LogP contribution < -0.4 is 10.5 Å². The van der Waals surface area contributed by atoms with E-state index in [1.54, 1.807) is 0 Å². The largest absolute Gasteiger partial charge is 0.457 e. The van der Waals surface area contributed by atoms with E-state index in [1.807, 2.05) is 42.5 Å². The average Bonchev–Trinajstić information content (AvgIpc) is 3.14. The zero-order chi connectivity index (χ0) is 14.2. The van der Waals surface area contributed by atoms with Gasteiger partial charge in [0.2, 0.25) is 0 Å². The van der Waals surface area contributed by atoms with Crippen molar-refractivity contribution in [3.63, 3.8) is 0 Å². The lowest BCUT2D eigenvalue weighted by molar-refractivity contribution is 0.403. The first-order chi connectivity index (χ1) is 10.3. The summed E-state index contributed by atoms with van der Waals surface area (Å²) in [5.74, 6) is 4.38. The van der Waals surface area contributed by atoms with E-state index in [0.29, 0.717) is 5.92 Å². The molecule has 0 aliphatic heterocycles. The molecular formula is C19H21NO. The quantitative estimate of drug-likeness (QED) is 0.892. The van der Waals surface area contributed by atoms with Crippen molar-refractivity contribution >= 4 is 0 Å². The lowest BCUT2D eigenvalue weighted by atomic mass is 9.90. The number of ether oxygens (including phenoxy) is 1. The number of para-hydroxylation sites is 1. The zero-order valence-corrected chi connectivity index (χ0v) is 12.1. The third-order valence-corrected chi connectivity index (χ3v) is 5.03. The maximum atomic E-state index is 6.44. The molecule has 0 aromatic heterocycles. The second kappa shape index (κ2) is 5.19. The molecule has 2 fully saturated rings. The van der Waals surface area contributed by atoms with Crippen LogP contribution in [0, 0.1) is 17.8 Å². The number of hydrogen-bond acceptors (Lipinski definition) is 2. The van der Waals surface area contributed by atoms with Gasteiger partial charge in [-0.2, -0.15) is 0 Å². The highest BCUT2D eigenvalue weighted by Crippen LogP contribution is 2.56. The molecule has 0 radical (unpaired) electrons. The van der Waals surface area contributed by atoms with Gasteiger partial charge in [-0.15, -0.1) is 0 Å². The number of nitrogens with two attached hydrogens (primary N) is 1. The van der Waals surface area contributed by atoms with Crippen LogP contribution in [0.15, 0.2) is 54.6 Å². The summed E-state index contributed by atoms with van der Waals surface area (Å²) in [6, 6.07) is 18.3. The van der Waals surface area contributed by atoms with Gasteiger partial charge in [0.15, 0.2) is 0 Å². The van der Waals surface area contributed by atoms with E-state index in [4.69, 9.17) is 10.5 Å². The molecule has 108 valence electrons. The highest BCUT2D eigenvalue weighted by molar-refractivity contribution is 5.34. The Balaban J connectivity index is 1.43. The summed E-state index contributed by atoms with van der Waals surface area (Å²) in [6.45, 7) is 0. The zero-order valence-electron chi connectivity index (χ0n) is 12.1. The monoisotopic (exact) mass is 279 g/mol. The molecule has 3 atom stereocenters. The van der Waals surface area contributed by atoms with E-state index < -0.39 is 0 Å². The van der Waals surface area contributed by atoms with Gasteiger partial charge in [0.05, 0.1) is 0 Å². The molecule has 3 unspecified atom stereocenters. The van der Waals surface area contributed by atoms with Gasteiger partial charge in [-0.25, -0.2) is 0 Å². The van der Waals surface area contributed by atoms with Crippen LogP contribution in [0.2, 0.25) is 0 Å². The minimum atomic E-state index is 0.184. The third-order valence-electron chi connectivity index (χ3n) is 5.03. The Labute approximate surface area is 125 Å². The second-order valence-electron chi connectivity index (χ2n) is 6.50. The average molecular weight is 279 g/mol. The summed E-state index contributed by atoms with van der Waals surface area (Å²) < 4.78 is 5.82. The Morgan fingerprint density at radius 1 is 0.810 bits per heavy atom. The van der Waals surface area contributed by atoms with Gasteiger partial charge in [0, 0.05) is 6.04 Å². The predicted molar refractivity (Wildman–Crippen MR) is 84.2 cm³/mol. The molecule has 2 nitrogen and oxygen atoms in total. The van der Waals surface area contributed by atoms with E-state index in [9.17, 15) is 0 Å². The summed E-state index contributed by atoms with van der Waals surface area (Å²) >= 11 is 0. The van der Waals surface area contributed by atoms with E-state index in [1.165, 1.54) is 24.8 Å². The molecule has 0 bridgehead atoms. The minimum absolute atomic E-state index is 0.184. The van der Waals surface area contributed by atoms with Gasteiger partial charge in [-0.1, -0.05) is 30.3 Å². The fourth-order valence-corrected chi connectivity index (χ4v) is 3.71. The highest BCUT2D eigenvalue weighted by atomic mass is 16.5. The van der Waals surface area contributed by atoms with E-state index in [0.717, 1.165) is 23.3 Å². The fraction of sp³-hybridized carbons (Fsp3) is 0.368. The summed E-state index contributed by atoms with van der Waals surface area (Å²) in [5, 5.41) is 0. The number of rotatable bonds is 4. The molecule has 2 saturated carbocycles. The first-order valence-corrected chi connectivity index (χ1v) is 7.88. The molecule has 4 rings (SSSR count). The van der Waals surface area contributed by atoms with Crippen LogP contribution in [0.4, 0.5) is 0 Å². The molecule has 0 saturated heterocycles. The molecule has 2 aliphatic rings.